The van der Waals surface area contributed by atoms with Gasteiger partial charge in [0.15, 0.2) is 0 Å². The highest BCUT2D eigenvalue weighted by atomic mass is 79.9. The molecule has 3 rings (SSSR count). The van der Waals surface area contributed by atoms with E-state index in [2.05, 4.69) is 9.48 Å². The van der Waals surface area contributed by atoms with Crippen LogP contribution in [0.2, 0.25) is 0 Å². The van der Waals surface area contributed by atoms with E-state index in [4.69, 9.17) is 9.72 Å². The molecule has 0 unspecified atom stereocenters. The quantitative estimate of drug-likeness (QED) is 0.433. The number of ether oxygens (including phenoxy) is 1. The molecule has 0 amide bonds. The van der Waals surface area contributed by atoms with Gasteiger partial charge < -0.3 is 26.6 Å². The summed E-state index contributed by atoms with van der Waals surface area (Å²) in [7, 11) is 3.63. The molecule has 2 saturated heterocycles. The van der Waals surface area contributed by atoms with Crippen molar-refractivity contribution in [3.8, 4) is 0 Å². The summed E-state index contributed by atoms with van der Waals surface area (Å²) in [5, 5.41) is 1.18. The molecule has 4 nitrogen and oxygen atoms in total. The van der Waals surface area contributed by atoms with E-state index < -0.39 is 0 Å². The Bertz CT molecular complexity index is 431. The molecule has 2 fully saturated rings. The van der Waals surface area contributed by atoms with Crippen molar-refractivity contribution in [3.05, 3.63) is 4.80 Å². The summed E-state index contributed by atoms with van der Waals surface area (Å²) < 4.78 is 7.81. The number of halogens is 1. The molecule has 2 aliphatic rings. The fourth-order valence-electron chi connectivity index (χ4n) is 2.28. The molecule has 2 aliphatic heterocycles. The van der Waals surface area contributed by atoms with Gasteiger partial charge in [0.1, 0.15) is 0 Å². The van der Waals surface area contributed by atoms with Gasteiger partial charge in [0.25, 0.3) is 0 Å². The highest BCUT2D eigenvalue weighted by Crippen LogP contribution is 2.19. The smallest absolute Gasteiger partial charge is 0.390 e. The third kappa shape index (κ3) is 3.31. The highest BCUT2D eigenvalue weighted by molar-refractivity contribution is 7.69. The fraction of sp³-hybridized carbons (Fsp3) is 0.818. The van der Waals surface area contributed by atoms with Crippen LogP contribution in [0.25, 0.3) is 0 Å². The van der Waals surface area contributed by atoms with E-state index in [1.54, 1.807) is 0 Å². The van der Waals surface area contributed by atoms with Crippen LogP contribution in [0.4, 0.5) is 5.13 Å². The Kier molecular flexibility index (Phi) is 5.59. The van der Waals surface area contributed by atoms with Crippen molar-refractivity contribution in [3.63, 3.8) is 0 Å². The van der Waals surface area contributed by atoms with Crippen molar-refractivity contribution in [1.82, 2.24) is 9.56 Å². The van der Waals surface area contributed by atoms with Crippen LogP contribution in [0.15, 0.2) is 0 Å². The molecule has 0 aliphatic carbocycles. The first-order valence-electron chi connectivity index (χ1n) is 6.31. The Morgan fingerprint density at radius 3 is 2.50 bits per heavy atom. The lowest BCUT2D eigenvalue weighted by molar-refractivity contribution is -0.00000416. The van der Waals surface area contributed by atoms with Crippen molar-refractivity contribution >= 4 is 25.8 Å². The molecular formula is C11H18BrN3OS2. The fourth-order valence-corrected chi connectivity index (χ4v) is 4.61. The van der Waals surface area contributed by atoms with Crippen molar-refractivity contribution < 1.29 is 21.7 Å². The van der Waals surface area contributed by atoms with Crippen LogP contribution in [-0.2, 0) is 4.74 Å². The van der Waals surface area contributed by atoms with E-state index in [9.17, 15) is 0 Å². The van der Waals surface area contributed by atoms with Crippen molar-refractivity contribution in [2.24, 2.45) is 0 Å². The molecule has 0 atom stereocenters. The lowest BCUT2D eigenvalue weighted by Gasteiger charge is -2.23. The zero-order chi connectivity index (χ0) is 11.5. The molecule has 7 heteroatoms. The molecule has 1 aromatic heterocycles. The first-order chi connectivity index (χ1) is 8.43. The standard InChI is InChI=1S/C11H18N3OS2.BrH/c1-2-4-13(5-3-1)10-12-11(17-16-10)14-6-8-15-9-7-14;/h1-9H2;1H/q+1;/p-1. The Morgan fingerprint density at radius 2 is 1.78 bits per heavy atom. The monoisotopic (exact) mass is 351 g/mol. The maximum absolute atomic E-state index is 5.37. The van der Waals surface area contributed by atoms with Crippen LogP contribution in [0.5, 0.6) is 0 Å². The van der Waals surface area contributed by atoms with E-state index in [0.717, 1.165) is 26.3 Å². The third-order valence-corrected chi connectivity index (χ3v) is 5.52. The van der Waals surface area contributed by atoms with Crippen LogP contribution in [0, 0.1) is 0 Å². The molecule has 1 aromatic rings. The zero-order valence-corrected chi connectivity index (χ0v) is 13.5. The van der Waals surface area contributed by atoms with Gasteiger partial charge in [-0.25, -0.2) is 4.58 Å². The van der Waals surface area contributed by atoms with E-state index in [1.165, 1.54) is 42.3 Å². The van der Waals surface area contributed by atoms with Gasteiger partial charge in [0, 0.05) is 28.4 Å². The number of hydrogen-bond acceptors (Lipinski definition) is 5. The number of aromatic nitrogens is 1. The summed E-state index contributed by atoms with van der Waals surface area (Å²) in [4.78, 5) is 8.35. The minimum atomic E-state index is 0. The average Bonchev–Trinajstić information content (AvgIpc) is 2.90. The van der Waals surface area contributed by atoms with Gasteiger partial charge in [-0.2, -0.15) is 0 Å². The Balaban J connectivity index is 0.00000120. The number of morpholine rings is 1. The molecule has 0 spiro atoms. The third-order valence-electron chi connectivity index (χ3n) is 3.29. The van der Waals surface area contributed by atoms with Gasteiger partial charge in [0.2, 0.25) is 0 Å². The van der Waals surface area contributed by atoms with E-state index in [1.807, 2.05) is 20.7 Å². The summed E-state index contributed by atoms with van der Waals surface area (Å²) in [6.45, 7) is 6.01. The summed E-state index contributed by atoms with van der Waals surface area (Å²) >= 11 is 0. The number of piperidine rings is 1. The van der Waals surface area contributed by atoms with Crippen LogP contribution in [0.1, 0.15) is 19.3 Å². The van der Waals surface area contributed by atoms with Gasteiger partial charge in [-0.15, -0.1) is 0 Å². The molecule has 0 radical (unpaired) electrons. The average molecular weight is 352 g/mol. The molecule has 0 N–H and O–H groups in total. The molecule has 3 heterocycles. The maximum Gasteiger partial charge on any atom is 0.390 e. The van der Waals surface area contributed by atoms with Crippen molar-refractivity contribution in [2.75, 3.05) is 44.3 Å². The first kappa shape index (κ1) is 14.4. The van der Waals surface area contributed by atoms with Gasteiger partial charge in [-0.05, 0) is 29.6 Å². The number of anilines is 1. The largest absolute Gasteiger partial charge is 1.00 e. The highest BCUT2D eigenvalue weighted by Gasteiger charge is 2.20. The summed E-state index contributed by atoms with van der Waals surface area (Å²) in [6.07, 6.45) is 4.01. The van der Waals surface area contributed by atoms with Crippen molar-refractivity contribution in [2.45, 2.75) is 19.3 Å². The zero-order valence-electron chi connectivity index (χ0n) is 10.3. The van der Waals surface area contributed by atoms with E-state index in [0.29, 0.717) is 0 Å². The maximum atomic E-state index is 5.37. The second kappa shape index (κ2) is 6.98. The SMILES string of the molecule is C1CC[N+](=c2nc(N3CCOCC3)ss2)CC1.[Br-]. The molecular weight excluding hydrogens is 334 g/mol. The predicted octanol–water partition coefficient (Wildman–Crippen LogP) is -2.00. The van der Waals surface area contributed by atoms with Crippen LogP contribution < -0.4 is 31.3 Å². The molecule has 18 heavy (non-hydrogen) atoms. The Hall–Kier alpha value is 0.0200. The molecule has 0 aromatic carbocycles. The van der Waals surface area contributed by atoms with Crippen LogP contribution in [-0.4, -0.2) is 44.4 Å². The second-order valence-corrected chi connectivity index (χ2v) is 6.55. The van der Waals surface area contributed by atoms with Crippen LogP contribution in [0.3, 0.4) is 0 Å². The minimum absolute atomic E-state index is 0. The van der Waals surface area contributed by atoms with Crippen molar-refractivity contribution in [1.29, 1.82) is 0 Å². The summed E-state index contributed by atoms with van der Waals surface area (Å²) in [5.41, 5.74) is 0. The Labute approximate surface area is 125 Å². The molecule has 0 bridgehead atoms. The summed E-state index contributed by atoms with van der Waals surface area (Å²) in [5.74, 6) is 0. The predicted molar refractivity (Wildman–Crippen MR) is 71.9 cm³/mol. The normalized spacial score (nSPS) is 20.7. The van der Waals surface area contributed by atoms with Crippen LogP contribution >= 0.6 is 20.7 Å². The van der Waals surface area contributed by atoms with Gasteiger partial charge in [0.05, 0.1) is 26.3 Å². The Morgan fingerprint density at radius 1 is 1.06 bits per heavy atom. The minimum Gasteiger partial charge on any atom is -1.00 e. The topological polar surface area (TPSA) is 28.4 Å². The molecule has 0 saturated carbocycles. The number of hydrogen-bond donors (Lipinski definition) is 0. The second-order valence-electron chi connectivity index (χ2n) is 4.49. The van der Waals surface area contributed by atoms with Gasteiger partial charge in [-0.1, -0.05) is 0 Å². The number of rotatable bonds is 1. The van der Waals surface area contributed by atoms with Gasteiger partial charge in [-0.3, -0.25) is 0 Å². The van der Waals surface area contributed by atoms with E-state index >= 15 is 0 Å². The lowest BCUT2D eigenvalue weighted by atomic mass is 10.2. The number of nitrogens with zero attached hydrogens (tertiary/aromatic N) is 3. The van der Waals surface area contributed by atoms with Gasteiger partial charge >= 0.3 is 9.93 Å². The van der Waals surface area contributed by atoms with E-state index in [-0.39, 0.29) is 17.0 Å². The lowest BCUT2D eigenvalue weighted by Crippen LogP contribution is -3.00. The first-order valence-corrected chi connectivity index (χ1v) is 8.46. The summed E-state index contributed by atoms with van der Waals surface area (Å²) in [6, 6.07) is 0. The molecule has 102 valence electrons.